The number of aryl methyl sites for hydroxylation is 1. The van der Waals surface area contributed by atoms with Gasteiger partial charge in [-0.05, 0) is 36.8 Å². The van der Waals surface area contributed by atoms with Crippen LogP contribution in [0.25, 0.3) is 0 Å². The molecule has 2 aromatic carbocycles. The fourth-order valence-corrected chi connectivity index (χ4v) is 2.48. The molecule has 2 N–H and O–H groups in total. The molecule has 128 valence electrons. The molecule has 1 heterocycles. The molecular weight excluding hydrogens is 310 g/mol. The fraction of sp³-hybridized carbons (Fsp3) is 0.200. The van der Waals surface area contributed by atoms with Crippen LogP contribution in [0.15, 0.2) is 60.7 Å². The van der Waals surface area contributed by atoms with Crippen LogP contribution in [0.5, 0.6) is 0 Å². The Morgan fingerprint density at radius 1 is 0.920 bits per heavy atom. The van der Waals surface area contributed by atoms with Crippen LogP contribution in [-0.2, 0) is 6.54 Å². The van der Waals surface area contributed by atoms with Gasteiger partial charge in [-0.1, -0.05) is 30.3 Å². The minimum absolute atomic E-state index is 0.622. The SMILES string of the molecule is Cc1cc(Nc2ccc(N(C)C)cc2)nc(NCc2ccccc2)n1. The van der Waals surface area contributed by atoms with Gasteiger partial charge in [-0.3, -0.25) is 0 Å². The summed E-state index contributed by atoms with van der Waals surface area (Å²) in [5.74, 6) is 1.40. The third kappa shape index (κ3) is 4.70. The van der Waals surface area contributed by atoms with Gasteiger partial charge in [-0.2, -0.15) is 4.98 Å². The topological polar surface area (TPSA) is 53.1 Å². The Morgan fingerprint density at radius 2 is 1.64 bits per heavy atom. The van der Waals surface area contributed by atoms with E-state index in [1.165, 1.54) is 5.56 Å². The molecule has 5 heteroatoms. The highest BCUT2D eigenvalue weighted by atomic mass is 15.1. The van der Waals surface area contributed by atoms with Crippen molar-refractivity contribution in [2.24, 2.45) is 0 Å². The van der Waals surface area contributed by atoms with Crippen LogP contribution in [0.2, 0.25) is 0 Å². The molecule has 0 aliphatic rings. The first-order chi connectivity index (χ1) is 12.1. The van der Waals surface area contributed by atoms with Crippen molar-refractivity contribution in [2.45, 2.75) is 13.5 Å². The van der Waals surface area contributed by atoms with Crippen molar-refractivity contribution < 1.29 is 0 Å². The van der Waals surface area contributed by atoms with E-state index in [0.717, 1.165) is 22.9 Å². The number of hydrogen-bond donors (Lipinski definition) is 2. The second-order valence-corrected chi connectivity index (χ2v) is 6.12. The summed E-state index contributed by atoms with van der Waals surface area (Å²) < 4.78 is 0. The molecule has 0 aliphatic heterocycles. The maximum absolute atomic E-state index is 4.56. The Hall–Kier alpha value is -3.08. The Morgan fingerprint density at radius 3 is 2.32 bits per heavy atom. The van der Waals surface area contributed by atoms with Crippen molar-refractivity contribution in [3.05, 3.63) is 71.9 Å². The van der Waals surface area contributed by atoms with Crippen LogP contribution in [0, 0.1) is 6.92 Å². The lowest BCUT2D eigenvalue weighted by Gasteiger charge is -2.14. The summed E-state index contributed by atoms with van der Waals surface area (Å²) in [6.07, 6.45) is 0. The lowest BCUT2D eigenvalue weighted by atomic mass is 10.2. The van der Waals surface area contributed by atoms with E-state index in [2.05, 4.69) is 49.8 Å². The minimum Gasteiger partial charge on any atom is -0.378 e. The molecule has 0 fully saturated rings. The molecule has 3 rings (SSSR count). The van der Waals surface area contributed by atoms with Crippen molar-refractivity contribution in [2.75, 3.05) is 29.6 Å². The number of benzene rings is 2. The maximum Gasteiger partial charge on any atom is 0.225 e. The summed E-state index contributed by atoms with van der Waals surface area (Å²) in [4.78, 5) is 11.1. The highest BCUT2D eigenvalue weighted by Crippen LogP contribution is 2.20. The van der Waals surface area contributed by atoms with Gasteiger partial charge in [0.15, 0.2) is 0 Å². The monoisotopic (exact) mass is 333 g/mol. The molecule has 0 atom stereocenters. The molecule has 0 spiro atoms. The van der Waals surface area contributed by atoms with Crippen molar-refractivity contribution in [1.82, 2.24) is 9.97 Å². The summed E-state index contributed by atoms with van der Waals surface area (Å²) >= 11 is 0. The predicted molar refractivity (Wildman–Crippen MR) is 105 cm³/mol. The van der Waals surface area contributed by atoms with E-state index in [9.17, 15) is 0 Å². The van der Waals surface area contributed by atoms with Crippen molar-refractivity contribution in [3.63, 3.8) is 0 Å². The van der Waals surface area contributed by atoms with Gasteiger partial charge in [0.2, 0.25) is 5.95 Å². The molecular formula is C20H23N5. The van der Waals surface area contributed by atoms with Crippen LogP contribution >= 0.6 is 0 Å². The number of rotatable bonds is 6. The summed E-state index contributed by atoms with van der Waals surface area (Å²) in [6, 6.07) is 20.4. The summed E-state index contributed by atoms with van der Waals surface area (Å²) in [7, 11) is 4.06. The number of aromatic nitrogens is 2. The predicted octanol–water partition coefficient (Wildman–Crippen LogP) is 4.21. The first kappa shape index (κ1) is 16.8. The summed E-state index contributed by atoms with van der Waals surface area (Å²) in [6.45, 7) is 2.66. The van der Waals surface area contributed by atoms with Crippen LogP contribution in [-0.4, -0.2) is 24.1 Å². The number of anilines is 4. The number of nitrogens with zero attached hydrogens (tertiary/aromatic N) is 3. The number of hydrogen-bond acceptors (Lipinski definition) is 5. The quantitative estimate of drug-likeness (QED) is 0.708. The molecule has 25 heavy (non-hydrogen) atoms. The molecule has 0 amide bonds. The van der Waals surface area contributed by atoms with E-state index < -0.39 is 0 Å². The van der Waals surface area contributed by atoms with E-state index in [-0.39, 0.29) is 0 Å². The lowest BCUT2D eigenvalue weighted by Crippen LogP contribution is -2.08. The van der Waals surface area contributed by atoms with Gasteiger partial charge in [0, 0.05) is 43.8 Å². The first-order valence-electron chi connectivity index (χ1n) is 8.28. The zero-order valence-corrected chi connectivity index (χ0v) is 14.8. The van der Waals surface area contributed by atoms with Crippen molar-refractivity contribution >= 4 is 23.1 Å². The highest BCUT2D eigenvalue weighted by Gasteiger charge is 2.04. The van der Waals surface area contributed by atoms with Crippen LogP contribution in [0.3, 0.4) is 0 Å². The molecule has 0 radical (unpaired) electrons. The smallest absolute Gasteiger partial charge is 0.225 e. The van der Waals surface area contributed by atoms with E-state index >= 15 is 0 Å². The van der Waals surface area contributed by atoms with E-state index in [0.29, 0.717) is 12.5 Å². The molecule has 0 saturated heterocycles. The Kier molecular flexibility index (Phi) is 5.14. The third-order valence-corrected chi connectivity index (χ3v) is 3.80. The molecule has 0 aliphatic carbocycles. The maximum atomic E-state index is 4.56. The van der Waals surface area contributed by atoms with Gasteiger partial charge < -0.3 is 15.5 Å². The zero-order valence-electron chi connectivity index (χ0n) is 14.8. The van der Waals surface area contributed by atoms with Gasteiger partial charge in [-0.15, -0.1) is 0 Å². The lowest BCUT2D eigenvalue weighted by molar-refractivity contribution is 1.03. The van der Waals surface area contributed by atoms with E-state index in [1.54, 1.807) is 0 Å². The average molecular weight is 333 g/mol. The Balaban J connectivity index is 1.70. The van der Waals surface area contributed by atoms with Crippen LogP contribution in [0.4, 0.5) is 23.1 Å². The summed E-state index contributed by atoms with van der Waals surface area (Å²) in [5.41, 5.74) is 4.27. The van der Waals surface area contributed by atoms with Crippen molar-refractivity contribution in [3.8, 4) is 0 Å². The van der Waals surface area contributed by atoms with Gasteiger partial charge in [0.05, 0.1) is 0 Å². The average Bonchev–Trinajstić information content (AvgIpc) is 2.61. The second kappa shape index (κ2) is 7.66. The fourth-order valence-electron chi connectivity index (χ4n) is 2.48. The van der Waals surface area contributed by atoms with Gasteiger partial charge in [0.1, 0.15) is 5.82 Å². The molecule has 5 nitrogen and oxygen atoms in total. The first-order valence-corrected chi connectivity index (χ1v) is 8.28. The molecule has 0 unspecified atom stereocenters. The highest BCUT2D eigenvalue weighted by molar-refractivity contribution is 5.61. The van der Waals surface area contributed by atoms with Crippen LogP contribution in [0.1, 0.15) is 11.3 Å². The zero-order chi connectivity index (χ0) is 17.6. The Bertz CT molecular complexity index is 813. The molecule has 3 aromatic rings. The van der Waals surface area contributed by atoms with Crippen LogP contribution < -0.4 is 15.5 Å². The molecule has 0 bridgehead atoms. The van der Waals surface area contributed by atoms with Gasteiger partial charge in [0.25, 0.3) is 0 Å². The minimum atomic E-state index is 0.622. The van der Waals surface area contributed by atoms with Crippen molar-refractivity contribution in [1.29, 1.82) is 0 Å². The third-order valence-electron chi connectivity index (χ3n) is 3.80. The number of nitrogens with one attached hydrogen (secondary N) is 2. The largest absolute Gasteiger partial charge is 0.378 e. The molecule has 1 aromatic heterocycles. The van der Waals surface area contributed by atoms with Gasteiger partial charge in [-0.25, -0.2) is 4.98 Å². The van der Waals surface area contributed by atoms with Gasteiger partial charge >= 0.3 is 0 Å². The summed E-state index contributed by atoms with van der Waals surface area (Å²) in [5, 5.41) is 6.62. The second-order valence-electron chi connectivity index (χ2n) is 6.12. The standard InChI is InChI=1S/C20H23N5/c1-15-13-19(23-17-9-11-18(12-10-17)25(2)3)24-20(22-15)21-14-16-7-5-4-6-8-16/h4-13H,14H2,1-3H3,(H2,21,22,23,24). The van der Waals surface area contributed by atoms with E-state index in [4.69, 9.17) is 0 Å². The Labute approximate surface area is 148 Å². The normalized spacial score (nSPS) is 10.4. The molecule has 0 saturated carbocycles. The van der Waals surface area contributed by atoms with E-state index in [1.807, 2.05) is 57.4 Å².